The highest BCUT2D eigenvalue weighted by Gasteiger charge is 2.32. The number of fused-ring (bicyclic) bond motifs is 1. The fourth-order valence-corrected chi connectivity index (χ4v) is 4.64. The maximum Gasteiger partial charge on any atom is 0.103 e. The quantitative estimate of drug-likeness (QED) is 0.584. The second-order valence-corrected chi connectivity index (χ2v) is 8.16. The summed E-state index contributed by atoms with van der Waals surface area (Å²) in [6.07, 6.45) is 5.32. The lowest BCUT2D eigenvalue weighted by Gasteiger charge is -2.33. The van der Waals surface area contributed by atoms with E-state index in [-0.39, 0.29) is 0 Å². The number of anilines is 1. The minimum absolute atomic E-state index is 0.591. The van der Waals surface area contributed by atoms with Crippen molar-refractivity contribution in [3.63, 3.8) is 0 Å². The Morgan fingerprint density at radius 2 is 2.14 bits per heavy atom. The molecule has 1 aliphatic heterocycles. The summed E-state index contributed by atoms with van der Waals surface area (Å²) in [4.78, 5) is 1.17. The molecular weight excluding hydrogens is 374 g/mol. The van der Waals surface area contributed by atoms with Crippen molar-refractivity contribution < 1.29 is 14.6 Å². The van der Waals surface area contributed by atoms with Crippen molar-refractivity contribution in [2.75, 3.05) is 32.7 Å². The number of hydrogen-bond donors (Lipinski definition) is 3. The second kappa shape index (κ2) is 8.05. The third-order valence-electron chi connectivity index (χ3n) is 5.20. The van der Waals surface area contributed by atoms with Crippen LogP contribution < -0.4 is 5.32 Å². The van der Waals surface area contributed by atoms with Gasteiger partial charge in [-0.2, -0.15) is 5.10 Å². The van der Waals surface area contributed by atoms with E-state index in [4.69, 9.17) is 9.47 Å². The Morgan fingerprint density at radius 3 is 2.89 bits per heavy atom. The zero-order valence-corrected chi connectivity index (χ0v) is 16.9. The molecule has 1 aromatic carbocycles. The van der Waals surface area contributed by atoms with Crippen LogP contribution in [0.2, 0.25) is 0 Å². The zero-order valence-electron chi connectivity index (χ0n) is 16.1. The van der Waals surface area contributed by atoms with Crippen LogP contribution in [0, 0.1) is 0 Å². The maximum absolute atomic E-state index is 10.9. The molecule has 4 rings (SSSR count). The Bertz CT molecular complexity index is 986. The Hall–Kier alpha value is -2.19. The van der Waals surface area contributed by atoms with Crippen molar-refractivity contribution in [1.82, 2.24) is 10.2 Å². The molecule has 0 aliphatic carbocycles. The highest BCUT2D eigenvalue weighted by Crippen LogP contribution is 2.35. The molecular formula is C21H25N3O3S. The van der Waals surface area contributed by atoms with Gasteiger partial charge in [-0.15, -0.1) is 11.3 Å². The summed E-state index contributed by atoms with van der Waals surface area (Å²) in [5, 5.41) is 21.7. The van der Waals surface area contributed by atoms with Gasteiger partial charge in [-0.25, -0.2) is 0 Å². The standard InChI is InChI=1S/C21H25N3O3S/c1-22-18-11-15(21(25)7-9-27-10-8-21)5-3-14(18)4-6-17-20-19(24-23-17)12-16(28-20)13-26-2/h3-6,11-12,22,25H,7-10,13H2,1-2H3,(H,23,24)/b6-4+. The maximum atomic E-state index is 10.9. The molecule has 3 heterocycles. The first-order valence-electron chi connectivity index (χ1n) is 9.39. The number of benzene rings is 1. The Kier molecular flexibility index (Phi) is 5.50. The Morgan fingerprint density at radius 1 is 1.32 bits per heavy atom. The summed E-state index contributed by atoms with van der Waals surface area (Å²) in [5.74, 6) is 0. The normalized spacial score (nSPS) is 16.8. The fourth-order valence-electron chi connectivity index (χ4n) is 3.59. The molecule has 0 unspecified atom stereocenters. The van der Waals surface area contributed by atoms with Crippen LogP contribution in [0.4, 0.5) is 5.69 Å². The van der Waals surface area contributed by atoms with Gasteiger partial charge in [0.2, 0.25) is 0 Å². The number of nitrogens with one attached hydrogen (secondary N) is 2. The van der Waals surface area contributed by atoms with E-state index in [2.05, 4.69) is 27.7 Å². The first-order chi connectivity index (χ1) is 13.6. The highest BCUT2D eigenvalue weighted by atomic mass is 32.1. The fraction of sp³-hybridized carbons (Fsp3) is 0.381. The van der Waals surface area contributed by atoms with E-state index >= 15 is 0 Å². The predicted octanol–water partition coefficient (Wildman–Crippen LogP) is 3.98. The molecule has 1 fully saturated rings. The largest absolute Gasteiger partial charge is 0.388 e. The topological polar surface area (TPSA) is 79.4 Å². The zero-order chi connectivity index (χ0) is 19.6. The van der Waals surface area contributed by atoms with Crippen molar-refractivity contribution in [3.8, 4) is 0 Å². The number of hydrogen-bond acceptors (Lipinski definition) is 6. The first-order valence-corrected chi connectivity index (χ1v) is 10.2. The molecule has 0 atom stereocenters. The third-order valence-corrected chi connectivity index (χ3v) is 6.33. The second-order valence-electron chi connectivity index (χ2n) is 7.03. The summed E-state index contributed by atoms with van der Waals surface area (Å²) in [6.45, 7) is 1.79. The van der Waals surface area contributed by atoms with Crippen LogP contribution in [-0.4, -0.2) is 42.7 Å². The monoisotopic (exact) mass is 399 g/mol. The van der Waals surface area contributed by atoms with Crippen molar-refractivity contribution in [3.05, 3.63) is 46.0 Å². The van der Waals surface area contributed by atoms with Gasteiger partial charge in [-0.1, -0.05) is 18.2 Å². The third kappa shape index (κ3) is 3.71. The van der Waals surface area contributed by atoms with Gasteiger partial charge < -0.3 is 19.9 Å². The minimum Gasteiger partial charge on any atom is -0.388 e. The van der Waals surface area contributed by atoms with Crippen LogP contribution in [0.1, 0.15) is 34.5 Å². The van der Waals surface area contributed by atoms with E-state index in [1.54, 1.807) is 18.4 Å². The van der Waals surface area contributed by atoms with Gasteiger partial charge in [0.1, 0.15) is 5.69 Å². The van der Waals surface area contributed by atoms with Crippen molar-refractivity contribution in [1.29, 1.82) is 0 Å². The lowest BCUT2D eigenvalue weighted by molar-refractivity contribution is -0.0678. The lowest BCUT2D eigenvalue weighted by Crippen LogP contribution is -2.33. The van der Waals surface area contributed by atoms with Gasteiger partial charge in [0.15, 0.2) is 0 Å². The number of nitrogens with zero attached hydrogens (tertiary/aromatic N) is 1. The highest BCUT2D eigenvalue weighted by molar-refractivity contribution is 7.19. The molecule has 0 amide bonds. The van der Waals surface area contributed by atoms with Crippen LogP contribution in [0.15, 0.2) is 24.3 Å². The number of aromatic nitrogens is 2. The number of H-pyrrole nitrogens is 1. The Labute approximate surface area is 168 Å². The minimum atomic E-state index is -0.810. The van der Waals surface area contributed by atoms with Crippen molar-refractivity contribution in [2.45, 2.75) is 25.0 Å². The van der Waals surface area contributed by atoms with Crippen LogP contribution >= 0.6 is 11.3 Å². The smallest absolute Gasteiger partial charge is 0.103 e. The summed E-state index contributed by atoms with van der Waals surface area (Å²) in [5.41, 5.74) is 4.09. The van der Waals surface area contributed by atoms with E-state index in [1.165, 1.54) is 4.88 Å². The molecule has 28 heavy (non-hydrogen) atoms. The number of thiophene rings is 1. The van der Waals surface area contributed by atoms with Crippen LogP contribution in [0.3, 0.4) is 0 Å². The average molecular weight is 400 g/mol. The SMILES string of the molecule is CNc1cc(C2(O)CCOCC2)ccc1/C=C/c1n[nH]c2cc(COC)sc12. The molecule has 2 aromatic heterocycles. The van der Waals surface area contributed by atoms with Crippen molar-refractivity contribution in [2.24, 2.45) is 0 Å². The molecule has 0 spiro atoms. The number of aliphatic hydroxyl groups is 1. The molecule has 3 N–H and O–H groups in total. The van der Waals surface area contributed by atoms with E-state index in [1.807, 2.05) is 31.3 Å². The molecule has 0 radical (unpaired) electrons. The first kappa shape index (κ1) is 19.1. The van der Waals surface area contributed by atoms with Gasteiger partial charge >= 0.3 is 0 Å². The number of ether oxygens (including phenoxy) is 2. The molecule has 1 saturated heterocycles. The molecule has 0 bridgehead atoms. The summed E-state index contributed by atoms with van der Waals surface area (Å²) in [6, 6.07) is 8.16. The van der Waals surface area contributed by atoms with Crippen LogP contribution in [0.25, 0.3) is 22.4 Å². The van der Waals surface area contributed by atoms with Gasteiger partial charge in [0.25, 0.3) is 0 Å². The van der Waals surface area contributed by atoms with Gasteiger partial charge in [0.05, 0.1) is 22.4 Å². The summed E-state index contributed by atoms with van der Waals surface area (Å²) in [7, 11) is 3.60. The summed E-state index contributed by atoms with van der Waals surface area (Å²) < 4.78 is 11.7. The van der Waals surface area contributed by atoms with Crippen LogP contribution in [-0.2, 0) is 21.7 Å². The van der Waals surface area contributed by atoms with Gasteiger partial charge in [0, 0.05) is 50.8 Å². The van der Waals surface area contributed by atoms with E-state index in [0.29, 0.717) is 32.7 Å². The Balaban J connectivity index is 1.60. The van der Waals surface area contributed by atoms with Crippen LogP contribution in [0.5, 0.6) is 0 Å². The molecule has 6 nitrogen and oxygen atoms in total. The van der Waals surface area contributed by atoms with Gasteiger partial charge in [-0.3, -0.25) is 5.10 Å². The van der Waals surface area contributed by atoms with E-state index in [0.717, 1.165) is 32.7 Å². The number of methoxy groups -OCH3 is 1. The van der Waals surface area contributed by atoms with E-state index in [9.17, 15) is 5.11 Å². The van der Waals surface area contributed by atoms with E-state index < -0.39 is 5.60 Å². The molecule has 1 aliphatic rings. The van der Waals surface area contributed by atoms with Crippen molar-refractivity contribution >= 4 is 39.4 Å². The molecule has 148 valence electrons. The predicted molar refractivity (Wildman–Crippen MR) is 114 cm³/mol. The van der Waals surface area contributed by atoms with Gasteiger partial charge in [-0.05, 0) is 29.3 Å². The molecule has 3 aromatic rings. The average Bonchev–Trinajstić information content (AvgIpc) is 3.27. The molecule has 7 heteroatoms. The molecule has 0 saturated carbocycles. The summed E-state index contributed by atoms with van der Waals surface area (Å²) >= 11 is 1.69. The lowest BCUT2D eigenvalue weighted by atomic mass is 9.85. The number of aromatic amines is 1. The number of rotatable bonds is 6.